The van der Waals surface area contributed by atoms with Gasteiger partial charge >= 0.3 is 0 Å². The van der Waals surface area contributed by atoms with Gasteiger partial charge in [0.05, 0.1) is 24.5 Å². The number of oxazole rings is 1. The molecule has 35 heavy (non-hydrogen) atoms. The average molecular weight is 493 g/mol. The van der Waals surface area contributed by atoms with Crippen LogP contribution in [0, 0.1) is 6.92 Å². The highest BCUT2D eigenvalue weighted by molar-refractivity contribution is 6.31. The lowest BCUT2D eigenvalue weighted by Gasteiger charge is -2.41. The van der Waals surface area contributed by atoms with Gasteiger partial charge in [0, 0.05) is 41.7 Å². The van der Waals surface area contributed by atoms with Gasteiger partial charge in [-0.25, -0.2) is 4.98 Å². The number of hydrogen-bond acceptors (Lipinski definition) is 5. The van der Waals surface area contributed by atoms with Crippen molar-refractivity contribution in [1.29, 1.82) is 0 Å². The SMILES string of the molecule is CCC1Cc2c(nn(C)c2-c2cc(Cl)cc(OC)c2)C(CC)N1C(=O)c1ccc2nc(C)oc2c1. The third-order valence-electron chi connectivity index (χ3n) is 6.88. The number of rotatable bonds is 5. The first kappa shape index (κ1) is 23.4. The standard InChI is InChI=1S/C27H29ClN4O3/c1-6-19-14-21-25(30-31(4)26(21)17-10-18(28)13-20(11-17)34-5)23(7-2)32(19)27(33)16-8-9-22-24(12-16)35-15(3)29-22/h8-13,19,23H,6-7,14H2,1-5H3. The minimum absolute atomic E-state index is 0.0121. The van der Waals surface area contributed by atoms with Gasteiger partial charge in [-0.1, -0.05) is 25.4 Å². The summed E-state index contributed by atoms with van der Waals surface area (Å²) >= 11 is 6.39. The summed E-state index contributed by atoms with van der Waals surface area (Å²) in [5, 5.41) is 5.53. The molecule has 2 atom stereocenters. The maximum Gasteiger partial charge on any atom is 0.254 e. The Morgan fingerprint density at radius 2 is 2.00 bits per heavy atom. The maximum atomic E-state index is 13.9. The van der Waals surface area contributed by atoms with Gasteiger partial charge in [0.2, 0.25) is 0 Å². The second kappa shape index (κ2) is 9.04. The van der Waals surface area contributed by atoms with Gasteiger partial charge in [0.1, 0.15) is 11.3 Å². The Kier molecular flexibility index (Phi) is 6.05. The summed E-state index contributed by atoms with van der Waals surface area (Å²) in [7, 11) is 3.58. The molecule has 7 nitrogen and oxygen atoms in total. The average Bonchev–Trinajstić information content (AvgIpc) is 3.38. The fourth-order valence-electron chi connectivity index (χ4n) is 5.32. The van der Waals surface area contributed by atoms with Crippen LogP contribution in [0.2, 0.25) is 5.02 Å². The Bertz CT molecular complexity index is 1420. The second-order valence-electron chi connectivity index (χ2n) is 9.03. The molecule has 0 fully saturated rings. The van der Waals surface area contributed by atoms with Gasteiger partial charge < -0.3 is 14.1 Å². The summed E-state index contributed by atoms with van der Waals surface area (Å²) in [5.41, 5.74) is 6.07. The number of aromatic nitrogens is 3. The van der Waals surface area contributed by atoms with Crippen molar-refractivity contribution < 1.29 is 13.9 Å². The third-order valence-corrected chi connectivity index (χ3v) is 7.09. The van der Waals surface area contributed by atoms with E-state index in [1.165, 1.54) is 5.56 Å². The molecule has 1 amide bonds. The normalized spacial score (nSPS) is 17.6. The Hall–Kier alpha value is -3.32. The molecule has 0 N–H and O–H groups in total. The lowest BCUT2D eigenvalue weighted by molar-refractivity contribution is 0.0513. The molecule has 1 aliphatic rings. The Labute approximate surface area is 209 Å². The summed E-state index contributed by atoms with van der Waals surface area (Å²) < 4.78 is 13.0. The molecular formula is C27H29ClN4O3. The van der Waals surface area contributed by atoms with E-state index in [0.717, 1.165) is 41.7 Å². The number of benzene rings is 2. The van der Waals surface area contributed by atoms with E-state index in [4.69, 9.17) is 25.9 Å². The van der Waals surface area contributed by atoms with E-state index < -0.39 is 0 Å². The van der Waals surface area contributed by atoms with E-state index in [1.807, 2.05) is 47.8 Å². The first-order valence-electron chi connectivity index (χ1n) is 11.9. The van der Waals surface area contributed by atoms with Crippen LogP contribution in [0.3, 0.4) is 0 Å². The van der Waals surface area contributed by atoms with Crippen molar-refractivity contribution >= 4 is 28.6 Å². The van der Waals surface area contributed by atoms with Crippen LogP contribution in [0.15, 0.2) is 40.8 Å². The molecule has 4 aromatic rings. The van der Waals surface area contributed by atoms with E-state index >= 15 is 0 Å². The summed E-state index contributed by atoms with van der Waals surface area (Å²) in [4.78, 5) is 20.3. The fraction of sp³-hybridized carbons (Fsp3) is 0.370. The van der Waals surface area contributed by atoms with Crippen LogP contribution in [0.5, 0.6) is 5.75 Å². The molecule has 0 saturated carbocycles. The van der Waals surface area contributed by atoms with E-state index in [0.29, 0.717) is 27.8 Å². The second-order valence-corrected chi connectivity index (χ2v) is 9.47. The van der Waals surface area contributed by atoms with Crippen LogP contribution in [0.1, 0.15) is 60.2 Å². The highest BCUT2D eigenvalue weighted by Crippen LogP contribution is 2.42. The Morgan fingerprint density at radius 1 is 1.20 bits per heavy atom. The minimum atomic E-state index is -0.135. The number of hydrogen-bond donors (Lipinski definition) is 0. The van der Waals surface area contributed by atoms with Crippen LogP contribution in [-0.4, -0.2) is 38.7 Å². The predicted octanol–water partition coefficient (Wildman–Crippen LogP) is 6.13. The third kappa shape index (κ3) is 3.97. The van der Waals surface area contributed by atoms with Crippen LogP contribution in [0.4, 0.5) is 0 Å². The van der Waals surface area contributed by atoms with E-state index in [-0.39, 0.29) is 18.0 Å². The zero-order valence-corrected chi connectivity index (χ0v) is 21.4. The maximum absolute atomic E-state index is 13.9. The largest absolute Gasteiger partial charge is 0.497 e. The van der Waals surface area contributed by atoms with Crippen molar-refractivity contribution in [2.45, 2.75) is 52.1 Å². The van der Waals surface area contributed by atoms with Gasteiger partial charge in [-0.05, 0) is 55.7 Å². The van der Waals surface area contributed by atoms with Crippen molar-refractivity contribution in [3.05, 3.63) is 64.1 Å². The molecule has 0 saturated heterocycles. The van der Waals surface area contributed by atoms with Crippen LogP contribution < -0.4 is 4.74 Å². The van der Waals surface area contributed by atoms with Gasteiger partial charge in [-0.3, -0.25) is 9.48 Å². The summed E-state index contributed by atoms with van der Waals surface area (Å²) in [6.07, 6.45) is 2.31. The number of nitrogens with zero attached hydrogens (tertiary/aromatic N) is 4. The molecule has 1 aliphatic heterocycles. The number of halogens is 1. The lowest BCUT2D eigenvalue weighted by atomic mass is 9.87. The van der Waals surface area contributed by atoms with Gasteiger partial charge in [0.15, 0.2) is 11.5 Å². The molecule has 5 rings (SSSR count). The number of ether oxygens (including phenoxy) is 1. The van der Waals surface area contributed by atoms with Gasteiger partial charge in [-0.15, -0.1) is 0 Å². The molecule has 3 heterocycles. The van der Waals surface area contributed by atoms with Crippen molar-refractivity contribution in [3.63, 3.8) is 0 Å². The number of methoxy groups -OCH3 is 1. The summed E-state index contributed by atoms with van der Waals surface area (Å²) in [6, 6.07) is 11.1. The lowest BCUT2D eigenvalue weighted by Crippen LogP contribution is -2.47. The van der Waals surface area contributed by atoms with Crippen molar-refractivity contribution in [3.8, 4) is 17.0 Å². The Morgan fingerprint density at radius 3 is 2.71 bits per heavy atom. The molecule has 0 radical (unpaired) electrons. The van der Waals surface area contributed by atoms with Gasteiger partial charge in [-0.2, -0.15) is 5.10 Å². The number of carbonyl (C=O) groups is 1. The zero-order chi connectivity index (χ0) is 24.9. The van der Waals surface area contributed by atoms with Gasteiger partial charge in [0.25, 0.3) is 5.91 Å². The van der Waals surface area contributed by atoms with Crippen molar-refractivity contribution in [2.75, 3.05) is 7.11 Å². The first-order valence-corrected chi connectivity index (χ1v) is 12.3. The van der Waals surface area contributed by atoms with E-state index in [9.17, 15) is 4.79 Å². The predicted molar refractivity (Wildman–Crippen MR) is 136 cm³/mol. The highest BCUT2D eigenvalue weighted by atomic mass is 35.5. The number of fused-ring (bicyclic) bond motifs is 2. The number of amides is 1. The van der Waals surface area contributed by atoms with Crippen molar-refractivity contribution in [1.82, 2.24) is 19.7 Å². The molecule has 2 aromatic carbocycles. The smallest absolute Gasteiger partial charge is 0.254 e. The zero-order valence-electron chi connectivity index (χ0n) is 20.6. The highest BCUT2D eigenvalue weighted by Gasteiger charge is 2.40. The van der Waals surface area contributed by atoms with E-state index in [1.54, 1.807) is 19.2 Å². The monoisotopic (exact) mass is 492 g/mol. The molecule has 0 bridgehead atoms. The molecule has 0 aliphatic carbocycles. The first-order chi connectivity index (χ1) is 16.8. The summed E-state index contributed by atoms with van der Waals surface area (Å²) in [6.45, 7) is 6.04. The fourth-order valence-corrected chi connectivity index (χ4v) is 5.54. The number of aryl methyl sites for hydroxylation is 2. The van der Waals surface area contributed by atoms with Crippen molar-refractivity contribution in [2.24, 2.45) is 7.05 Å². The molecule has 0 spiro atoms. The number of carbonyl (C=O) groups excluding carboxylic acids is 1. The molecule has 8 heteroatoms. The summed E-state index contributed by atoms with van der Waals surface area (Å²) in [5.74, 6) is 1.28. The molecule has 182 valence electrons. The molecular weight excluding hydrogens is 464 g/mol. The topological polar surface area (TPSA) is 73.4 Å². The van der Waals surface area contributed by atoms with Crippen LogP contribution in [-0.2, 0) is 13.5 Å². The minimum Gasteiger partial charge on any atom is -0.497 e. The van der Waals surface area contributed by atoms with E-state index in [2.05, 4.69) is 18.8 Å². The molecule has 2 aromatic heterocycles. The van der Waals surface area contributed by atoms with Crippen LogP contribution in [0.25, 0.3) is 22.4 Å². The van der Waals surface area contributed by atoms with Crippen LogP contribution >= 0.6 is 11.6 Å². The quantitative estimate of drug-likeness (QED) is 0.335. The molecule has 2 unspecified atom stereocenters. The Balaban J connectivity index is 1.59.